The number of amides is 1. The molecule has 0 aliphatic rings. The van der Waals surface area contributed by atoms with Crippen molar-refractivity contribution in [2.24, 2.45) is 0 Å². The van der Waals surface area contributed by atoms with Crippen LogP contribution in [0.2, 0.25) is 0 Å². The maximum atomic E-state index is 12.6. The number of benzene rings is 1. The highest BCUT2D eigenvalue weighted by Gasteiger charge is 2.14. The van der Waals surface area contributed by atoms with Crippen molar-refractivity contribution >= 4 is 17.4 Å². The SMILES string of the molecule is CCN(CC)c1ccc(C(=O)Nc2ccc(OC)c(-n3nnnc3C)c2)cn1. The third-order valence-electron chi connectivity index (χ3n) is 4.39. The summed E-state index contributed by atoms with van der Waals surface area (Å²) in [7, 11) is 1.57. The second-order valence-corrected chi connectivity index (χ2v) is 6.06. The molecule has 9 nitrogen and oxygen atoms in total. The van der Waals surface area contributed by atoms with Crippen molar-refractivity contribution in [3.8, 4) is 11.4 Å². The van der Waals surface area contributed by atoms with E-state index in [-0.39, 0.29) is 5.91 Å². The molecule has 0 radical (unpaired) electrons. The molecular weight excluding hydrogens is 358 g/mol. The van der Waals surface area contributed by atoms with Gasteiger partial charge in [0.2, 0.25) is 0 Å². The highest BCUT2D eigenvalue weighted by atomic mass is 16.5. The zero-order valence-corrected chi connectivity index (χ0v) is 16.4. The zero-order chi connectivity index (χ0) is 20.1. The van der Waals surface area contributed by atoms with Crippen LogP contribution in [0.4, 0.5) is 11.5 Å². The molecule has 2 aromatic heterocycles. The molecule has 3 rings (SSSR count). The first-order valence-corrected chi connectivity index (χ1v) is 9.03. The molecule has 0 aliphatic heterocycles. The first-order chi connectivity index (χ1) is 13.6. The number of pyridine rings is 1. The topological polar surface area (TPSA) is 98.1 Å². The summed E-state index contributed by atoms with van der Waals surface area (Å²) in [6, 6.07) is 8.90. The number of carbonyl (C=O) groups excluding carboxylic acids is 1. The van der Waals surface area contributed by atoms with Gasteiger partial charge in [0.15, 0.2) is 5.82 Å². The van der Waals surface area contributed by atoms with E-state index in [1.165, 1.54) is 0 Å². The third-order valence-corrected chi connectivity index (χ3v) is 4.39. The van der Waals surface area contributed by atoms with E-state index in [0.29, 0.717) is 28.5 Å². The molecule has 1 N–H and O–H groups in total. The van der Waals surface area contributed by atoms with Crippen molar-refractivity contribution in [3.05, 3.63) is 47.9 Å². The van der Waals surface area contributed by atoms with Crippen molar-refractivity contribution in [2.45, 2.75) is 20.8 Å². The lowest BCUT2D eigenvalue weighted by Crippen LogP contribution is -2.23. The molecule has 1 aromatic carbocycles. The van der Waals surface area contributed by atoms with E-state index in [0.717, 1.165) is 18.9 Å². The van der Waals surface area contributed by atoms with Crippen LogP contribution >= 0.6 is 0 Å². The summed E-state index contributed by atoms with van der Waals surface area (Å²) in [4.78, 5) is 19.1. The van der Waals surface area contributed by atoms with Gasteiger partial charge in [-0.1, -0.05) is 0 Å². The number of hydrogen-bond acceptors (Lipinski definition) is 7. The van der Waals surface area contributed by atoms with Crippen LogP contribution in [0, 0.1) is 6.92 Å². The Morgan fingerprint density at radius 3 is 2.57 bits per heavy atom. The largest absolute Gasteiger partial charge is 0.494 e. The lowest BCUT2D eigenvalue weighted by Gasteiger charge is -2.19. The number of hydrogen-bond donors (Lipinski definition) is 1. The van der Waals surface area contributed by atoms with E-state index in [1.54, 1.807) is 49.2 Å². The fourth-order valence-corrected chi connectivity index (χ4v) is 2.85. The van der Waals surface area contributed by atoms with Crippen LogP contribution in [0.1, 0.15) is 30.0 Å². The molecule has 9 heteroatoms. The van der Waals surface area contributed by atoms with Crippen molar-refractivity contribution in [1.29, 1.82) is 0 Å². The summed E-state index contributed by atoms with van der Waals surface area (Å²) in [6.45, 7) is 7.65. The molecule has 0 fully saturated rings. The van der Waals surface area contributed by atoms with Crippen LogP contribution in [0.5, 0.6) is 5.75 Å². The molecule has 0 saturated carbocycles. The lowest BCUT2D eigenvalue weighted by atomic mass is 10.2. The molecule has 0 aliphatic carbocycles. The number of nitrogens with zero attached hydrogens (tertiary/aromatic N) is 6. The summed E-state index contributed by atoms with van der Waals surface area (Å²) in [5.74, 6) is 1.81. The van der Waals surface area contributed by atoms with Gasteiger partial charge in [-0.05, 0) is 61.5 Å². The Morgan fingerprint density at radius 1 is 1.21 bits per heavy atom. The molecule has 0 saturated heterocycles. The molecule has 146 valence electrons. The number of rotatable bonds is 7. The summed E-state index contributed by atoms with van der Waals surface area (Å²) >= 11 is 0. The second kappa shape index (κ2) is 8.47. The Labute approximate surface area is 163 Å². The van der Waals surface area contributed by atoms with Crippen LogP contribution in [-0.4, -0.2) is 51.3 Å². The zero-order valence-electron chi connectivity index (χ0n) is 16.4. The van der Waals surface area contributed by atoms with Crippen molar-refractivity contribution in [3.63, 3.8) is 0 Å². The monoisotopic (exact) mass is 381 g/mol. The predicted molar refractivity (Wildman–Crippen MR) is 106 cm³/mol. The van der Waals surface area contributed by atoms with Gasteiger partial charge in [0, 0.05) is 25.0 Å². The number of methoxy groups -OCH3 is 1. The van der Waals surface area contributed by atoms with E-state index < -0.39 is 0 Å². The Bertz CT molecular complexity index is 949. The van der Waals surface area contributed by atoms with E-state index >= 15 is 0 Å². The van der Waals surface area contributed by atoms with Crippen molar-refractivity contribution in [1.82, 2.24) is 25.2 Å². The standard InChI is InChI=1S/C19H23N7O2/c1-5-25(6-2)18-10-7-14(12-20-18)19(27)21-15-8-9-17(28-4)16(11-15)26-13(3)22-23-24-26/h7-12H,5-6H2,1-4H3,(H,21,27). The minimum Gasteiger partial charge on any atom is -0.494 e. The first-order valence-electron chi connectivity index (χ1n) is 9.03. The summed E-state index contributed by atoms with van der Waals surface area (Å²) in [6.07, 6.45) is 1.58. The summed E-state index contributed by atoms with van der Waals surface area (Å²) in [5, 5.41) is 14.4. The van der Waals surface area contributed by atoms with Crippen molar-refractivity contribution < 1.29 is 9.53 Å². The normalized spacial score (nSPS) is 10.6. The summed E-state index contributed by atoms with van der Waals surface area (Å²) in [5.41, 5.74) is 1.72. The van der Waals surface area contributed by atoms with Gasteiger partial charge in [-0.25, -0.2) is 4.98 Å². The number of aryl methyl sites for hydroxylation is 1. The molecule has 0 unspecified atom stereocenters. The first kappa shape index (κ1) is 19.3. The molecule has 0 bridgehead atoms. The Balaban J connectivity index is 1.82. The van der Waals surface area contributed by atoms with Gasteiger partial charge >= 0.3 is 0 Å². The Morgan fingerprint density at radius 2 is 2.00 bits per heavy atom. The quantitative estimate of drug-likeness (QED) is 0.671. The second-order valence-electron chi connectivity index (χ2n) is 6.06. The highest BCUT2D eigenvalue weighted by molar-refractivity contribution is 6.04. The lowest BCUT2D eigenvalue weighted by molar-refractivity contribution is 0.102. The molecule has 3 aromatic rings. The van der Waals surface area contributed by atoms with Crippen LogP contribution in [-0.2, 0) is 0 Å². The van der Waals surface area contributed by atoms with Gasteiger partial charge in [0.05, 0.1) is 12.7 Å². The van der Waals surface area contributed by atoms with Gasteiger partial charge < -0.3 is 15.0 Å². The predicted octanol–water partition coefficient (Wildman–Crippen LogP) is 2.47. The fourth-order valence-electron chi connectivity index (χ4n) is 2.85. The van der Waals surface area contributed by atoms with Gasteiger partial charge in [-0.15, -0.1) is 5.10 Å². The molecule has 28 heavy (non-hydrogen) atoms. The van der Waals surface area contributed by atoms with Crippen LogP contribution < -0.4 is 15.0 Å². The van der Waals surface area contributed by atoms with E-state index in [4.69, 9.17) is 4.74 Å². The Hall–Kier alpha value is -3.49. The van der Waals surface area contributed by atoms with Gasteiger partial charge in [-0.2, -0.15) is 4.68 Å². The minimum absolute atomic E-state index is 0.247. The van der Waals surface area contributed by atoms with E-state index in [1.807, 2.05) is 6.07 Å². The number of aromatic nitrogens is 5. The summed E-state index contributed by atoms with van der Waals surface area (Å²) < 4.78 is 6.93. The third kappa shape index (κ3) is 3.93. The fraction of sp³-hybridized carbons (Fsp3) is 0.316. The number of ether oxygens (including phenoxy) is 1. The number of anilines is 2. The van der Waals surface area contributed by atoms with Crippen LogP contribution in [0.25, 0.3) is 5.69 Å². The number of tetrazole rings is 1. The highest BCUT2D eigenvalue weighted by Crippen LogP contribution is 2.26. The van der Waals surface area contributed by atoms with Gasteiger partial charge in [0.25, 0.3) is 5.91 Å². The Kier molecular flexibility index (Phi) is 5.83. The number of nitrogens with one attached hydrogen (secondary N) is 1. The maximum absolute atomic E-state index is 12.6. The molecular formula is C19H23N7O2. The van der Waals surface area contributed by atoms with Crippen molar-refractivity contribution in [2.75, 3.05) is 30.4 Å². The van der Waals surface area contributed by atoms with Gasteiger partial charge in [0.1, 0.15) is 17.3 Å². The molecule has 0 spiro atoms. The minimum atomic E-state index is -0.247. The van der Waals surface area contributed by atoms with E-state index in [9.17, 15) is 4.79 Å². The molecule has 2 heterocycles. The van der Waals surface area contributed by atoms with Gasteiger partial charge in [-0.3, -0.25) is 4.79 Å². The smallest absolute Gasteiger partial charge is 0.257 e. The number of carbonyl (C=O) groups is 1. The average molecular weight is 381 g/mol. The maximum Gasteiger partial charge on any atom is 0.257 e. The molecule has 0 atom stereocenters. The van der Waals surface area contributed by atoms with E-state index in [2.05, 4.69) is 44.6 Å². The molecule has 1 amide bonds. The van der Waals surface area contributed by atoms with Crippen LogP contribution in [0.3, 0.4) is 0 Å². The average Bonchev–Trinajstić information content (AvgIpc) is 3.15. The van der Waals surface area contributed by atoms with Crippen LogP contribution in [0.15, 0.2) is 36.5 Å².